The van der Waals surface area contributed by atoms with Crippen molar-refractivity contribution in [2.75, 3.05) is 44.3 Å². The lowest BCUT2D eigenvalue weighted by molar-refractivity contribution is -0.135. The molecule has 1 aromatic carbocycles. The number of morpholine rings is 1. The molecule has 170 valence electrons. The predicted octanol–water partition coefficient (Wildman–Crippen LogP) is 2.41. The zero-order chi connectivity index (χ0) is 22.2. The summed E-state index contributed by atoms with van der Waals surface area (Å²) in [5.74, 6) is 1.15. The molecule has 0 radical (unpaired) electrons. The van der Waals surface area contributed by atoms with Gasteiger partial charge in [0, 0.05) is 51.3 Å². The first-order chi connectivity index (χ1) is 15.7. The molecular weight excluding hydrogens is 404 g/mol. The predicted molar refractivity (Wildman–Crippen MR) is 123 cm³/mol. The lowest BCUT2D eigenvalue weighted by Gasteiger charge is -2.31. The second-order valence-electron chi connectivity index (χ2n) is 8.48. The molecule has 2 amide bonds. The molecule has 4 rings (SSSR count). The van der Waals surface area contributed by atoms with Gasteiger partial charge in [-0.25, -0.2) is 4.98 Å². The average Bonchev–Trinajstić information content (AvgIpc) is 2.87. The SMILES string of the molecule is O=C(NCc1ccnc(N2CCOCC2)c1)C1CCN(C(=O)CCc2ccccc2)CC1. The molecule has 0 spiro atoms. The summed E-state index contributed by atoms with van der Waals surface area (Å²) in [5, 5.41) is 3.08. The highest BCUT2D eigenvalue weighted by atomic mass is 16.5. The molecule has 7 nitrogen and oxygen atoms in total. The maximum atomic E-state index is 12.7. The first-order valence-electron chi connectivity index (χ1n) is 11.6. The van der Waals surface area contributed by atoms with Crippen LogP contribution in [0.25, 0.3) is 0 Å². The maximum Gasteiger partial charge on any atom is 0.223 e. The molecular formula is C25H32N4O3. The van der Waals surface area contributed by atoms with Gasteiger partial charge in [-0.05, 0) is 42.5 Å². The lowest BCUT2D eigenvalue weighted by atomic mass is 9.95. The highest BCUT2D eigenvalue weighted by Gasteiger charge is 2.27. The van der Waals surface area contributed by atoms with Gasteiger partial charge in [0.25, 0.3) is 0 Å². The van der Waals surface area contributed by atoms with Crippen molar-refractivity contribution >= 4 is 17.6 Å². The summed E-state index contributed by atoms with van der Waals surface area (Å²) < 4.78 is 5.40. The monoisotopic (exact) mass is 436 g/mol. The smallest absolute Gasteiger partial charge is 0.223 e. The van der Waals surface area contributed by atoms with Gasteiger partial charge in [0.1, 0.15) is 5.82 Å². The second kappa shape index (κ2) is 11.1. The van der Waals surface area contributed by atoms with Gasteiger partial charge in [-0.3, -0.25) is 9.59 Å². The number of rotatable bonds is 7. The Labute approximate surface area is 189 Å². The van der Waals surface area contributed by atoms with Crippen LogP contribution in [0, 0.1) is 5.92 Å². The Balaban J connectivity index is 1.20. The van der Waals surface area contributed by atoms with Crippen LogP contribution in [0.15, 0.2) is 48.7 Å². The number of nitrogens with one attached hydrogen (secondary N) is 1. The van der Waals surface area contributed by atoms with Crippen molar-refractivity contribution in [3.8, 4) is 0 Å². The summed E-state index contributed by atoms with van der Waals surface area (Å²) in [6.07, 6.45) is 4.52. The largest absolute Gasteiger partial charge is 0.378 e. The number of likely N-dealkylation sites (tertiary alicyclic amines) is 1. The minimum atomic E-state index is -0.0336. The Bertz CT molecular complexity index is 891. The van der Waals surface area contributed by atoms with Crippen LogP contribution in [0.4, 0.5) is 5.82 Å². The zero-order valence-electron chi connectivity index (χ0n) is 18.5. The van der Waals surface area contributed by atoms with Crippen molar-refractivity contribution in [2.45, 2.75) is 32.2 Å². The first-order valence-corrected chi connectivity index (χ1v) is 11.6. The Morgan fingerprint density at radius 3 is 2.50 bits per heavy atom. The molecule has 0 unspecified atom stereocenters. The van der Waals surface area contributed by atoms with Crippen molar-refractivity contribution in [2.24, 2.45) is 5.92 Å². The highest BCUT2D eigenvalue weighted by molar-refractivity contribution is 5.80. The van der Waals surface area contributed by atoms with Gasteiger partial charge in [0.15, 0.2) is 0 Å². The van der Waals surface area contributed by atoms with Crippen molar-refractivity contribution in [3.63, 3.8) is 0 Å². The molecule has 1 aromatic heterocycles. The Morgan fingerprint density at radius 2 is 1.75 bits per heavy atom. The van der Waals surface area contributed by atoms with Crippen molar-refractivity contribution < 1.29 is 14.3 Å². The fraction of sp³-hybridized carbons (Fsp3) is 0.480. The summed E-state index contributed by atoms with van der Waals surface area (Å²) in [6, 6.07) is 14.1. The Kier molecular flexibility index (Phi) is 7.72. The number of aromatic nitrogens is 1. The van der Waals surface area contributed by atoms with Gasteiger partial charge in [-0.2, -0.15) is 0 Å². The number of anilines is 1. The van der Waals surface area contributed by atoms with Gasteiger partial charge >= 0.3 is 0 Å². The molecule has 2 aromatic rings. The van der Waals surface area contributed by atoms with Crippen LogP contribution in [0.5, 0.6) is 0 Å². The molecule has 2 saturated heterocycles. The van der Waals surface area contributed by atoms with Crippen LogP contribution in [0.2, 0.25) is 0 Å². The van der Waals surface area contributed by atoms with E-state index in [1.54, 1.807) is 6.20 Å². The van der Waals surface area contributed by atoms with E-state index in [0.29, 0.717) is 26.1 Å². The number of nitrogens with zero attached hydrogens (tertiary/aromatic N) is 3. The van der Waals surface area contributed by atoms with Crippen molar-refractivity contribution in [3.05, 3.63) is 59.8 Å². The van der Waals surface area contributed by atoms with E-state index in [2.05, 4.69) is 27.3 Å². The van der Waals surface area contributed by atoms with E-state index in [9.17, 15) is 9.59 Å². The molecule has 3 heterocycles. The normalized spacial score (nSPS) is 17.2. The number of ether oxygens (including phenoxy) is 1. The molecule has 1 N–H and O–H groups in total. The standard InChI is InChI=1S/C25H32N4O3/c30-24(7-6-20-4-2-1-3-5-20)29-12-9-22(10-13-29)25(31)27-19-21-8-11-26-23(18-21)28-14-16-32-17-15-28/h1-5,8,11,18,22H,6-7,9-10,12-17,19H2,(H,27,31). The fourth-order valence-corrected chi connectivity index (χ4v) is 4.31. The van der Waals surface area contributed by atoms with Crippen molar-refractivity contribution in [1.29, 1.82) is 0 Å². The summed E-state index contributed by atoms with van der Waals surface area (Å²) in [7, 11) is 0. The maximum absolute atomic E-state index is 12.7. The number of carbonyl (C=O) groups is 2. The van der Waals surface area contributed by atoms with E-state index in [0.717, 1.165) is 56.9 Å². The third kappa shape index (κ3) is 6.07. The van der Waals surface area contributed by atoms with E-state index >= 15 is 0 Å². The van der Waals surface area contributed by atoms with Crippen LogP contribution < -0.4 is 10.2 Å². The quantitative estimate of drug-likeness (QED) is 0.722. The Hall–Kier alpha value is -2.93. The summed E-state index contributed by atoms with van der Waals surface area (Å²) >= 11 is 0. The van der Waals surface area contributed by atoms with E-state index in [1.165, 1.54) is 5.56 Å². The molecule has 0 saturated carbocycles. The number of carbonyl (C=O) groups excluding carboxylic acids is 2. The van der Waals surface area contributed by atoms with Crippen LogP contribution in [0.3, 0.4) is 0 Å². The minimum Gasteiger partial charge on any atom is -0.378 e. The number of pyridine rings is 1. The average molecular weight is 437 g/mol. The van der Waals surface area contributed by atoms with Crippen molar-refractivity contribution in [1.82, 2.24) is 15.2 Å². The number of hydrogen-bond acceptors (Lipinski definition) is 5. The van der Waals surface area contributed by atoms with Crippen LogP contribution >= 0.6 is 0 Å². The first kappa shape index (κ1) is 22.3. The summed E-state index contributed by atoms with van der Waals surface area (Å²) in [5.41, 5.74) is 2.23. The third-order valence-electron chi connectivity index (χ3n) is 6.30. The van der Waals surface area contributed by atoms with Gasteiger partial charge < -0.3 is 19.9 Å². The zero-order valence-corrected chi connectivity index (χ0v) is 18.5. The molecule has 2 fully saturated rings. The van der Waals surface area contributed by atoms with E-state index in [-0.39, 0.29) is 17.7 Å². The number of piperidine rings is 1. The van der Waals surface area contributed by atoms with Crippen LogP contribution in [0.1, 0.15) is 30.4 Å². The topological polar surface area (TPSA) is 74.8 Å². The van der Waals surface area contributed by atoms with Crippen LogP contribution in [-0.2, 0) is 27.3 Å². The van der Waals surface area contributed by atoms with Gasteiger partial charge in [-0.1, -0.05) is 30.3 Å². The summed E-state index contributed by atoms with van der Waals surface area (Å²) in [6.45, 7) is 4.92. The molecule has 2 aliphatic heterocycles. The van der Waals surface area contributed by atoms with E-state index in [1.807, 2.05) is 35.2 Å². The number of benzene rings is 1. The fourth-order valence-electron chi connectivity index (χ4n) is 4.31. The van der Waals surface area contributed by atoms with Crippen LogP contribution in [-0.4, -0.2) is 61.1 Å². The number of aryl methyl sites for hydroxylation is 1. The number of hydrogen-bond donors (Lipinski definition) is 1. The molecule has 0 bridgehead atoms. The second-order valence-corrected chi connectivity index (χ2v) is 8.48. The Morgan fingerprint density at radius 1 is 1.00 bits per heavy atom. The van der Waals surface area contributed by atoms with Gasteiger partial charge in [0.2, 0.25) is 11.8 Å². The molecule has 32 heavy (non-hydrogen) atoms. The van der Waals surface area contributed by atoms with E-state index in [4.69, 9.17) is 4.74 Å². The van der Waals surface area contributed by atoms with Gasteiger partial charge in [-0.15, -0.1) is 0 Å². The number of amides is 2. The lowest BCUT2D eigenvalue weighted by Crippen LogP contribution is -2.43. The third-order valence-corrected chi connectivity index (χ3v) is 6.30. The summed E-state index contributed by atoms with van der Waals surface area (Å²) in [4.78, 5) is 33.8. The molecule has 0 aliphatic carbocycles. The van der Waals surface area contributed by atoms with Gasteiger partial charge in [0.05, 0.1) is 13.2 Å². The highest BCUT2D eigenvalue weighted by Crippen LogP contribution is 2.19. The molecule has 2 aliphatic rings. The molecule has 7 heteroatoms. The molecule has 0 atom stereocenters. The van der Waals surface area contributed by atoms with E-state index < -0.39 is 0 Å². The minimum absolute atomic E-state index is 0.0336.